The van der Waals surface area contributed by atoms with E-state index in [9.17, 15) is 9.59 Å². The van der Waals surface area contributed by atoms with Crippen LogP contribution < -0.4 is 11.1 Å². The molecule has 2 rings (SSSR count). The maximum Gasteiger partial charge on any atom is 0.241 e. The molecule has 3 N–H and O–H groups in total. The highest BCUT2D eigenvalue weighted by Crippen LogP contribution is 2.26. The third-order valence-corrected chi connectivity index (χ3v) is 4.53. The van der Waals surface area contributed by atoms with Gasteiger partial charge in [-0.15, -0.1) is 0 Å². The Morgan fingerprint density at radius 3 is 2.82 bits per heavy atom. The van der Waals surface area contributed by atoms with Crippen LogP contribution >= 0.6 is 23.2 Å². The van der Waals surface area contributed by atoms with Crippen molar-refractivity contribution in [1.82, 2.24) is 4.90 Å². The van der Waals surface area contributed by atoms with Gasteiger partial charge in [0.25, 0.3) is 0 Å². The number of hydrogen-bond donors (Lipinski definition) is 2. The molecule has 22 heavy (non-hydrogen) atoms. The zero-order valence-electron chi connectivity index (χ0n) is 12.3. The lowest BCUT2D eigenvalue weighted by atomic mass is 9.96. The number of hydrogen-bond acceptors (Lipinski definition) is 3. The fourth-order valence-electron chi connectivity index (χ4n) is 2.59. The first kappa shape index (κ1) is 17.1. The van der Waals surface area contributed by atoms with Crippen LogP contribution in [0.4, 0.5) is 5.69 Å². The quantitative estimate of drug-likeness (QED) is 0.881. The van der Waals surface area contributed by atoms with Crippen LogP contribution in [0.1, 0.15) is 19.8 Å². The summed E-state index contributed by atoms with van der Waals surface area (Å²) >= 11 is 12.0. The van der Waals surface area contributed by atoms with E-state index < -0.39 is 0 Å². The number of piperidine rings is 1. The smallest absolute Gasteiger partial charge is 0.241 e. The number of likely N-dealkylation sites (tertiary alicyclic amines) is 1. The Balaban J connectivity index is 2.02. The second kappa shape index (κ2) is 7.31. The molecule has 0 spiro atoms. The summed E-state index contributed by atoms with van der Waals surface area (Å²) in [7, 11) is 0. The van der Waals surface area contributed by atoms with E-state index in [1.807, 2.05) is 4.90 Å². The average Bonchev–Trinajstić information content (AvgIpc) is 2.50. The third-order valence-electron chi connectivity index (χ3n) is 3.97. The predicted octanol–water partition coefficient (Wildman–Crippen LogP) is 2.52. The van der Waals surface area contributed by atoms with Crippen molar-refractivity contribution in [3.63, 3.8) is 0 Å². The van der Waals surface area contributed by atoms with Gasteiger partial charge in [-0.25, -0.2) is 0 Å². The minimum absolute atomic E-state index is 0.186. The van der Waals surface area contributed by atoms with Crippen molar-refractivity contribution in [2.45, 2.75) is 25.8 Å². The molecule has 1 aliphatic heterocycles. The van der Waals surface area contributed by atoms with E-state index in [1.54, 1.807) is 25.1 Å². The summed E-state index contributed by atoms with van der Waals surface area (Å²) in [6.07, 6.45) is 1.63. The van der Waals surface area contributed by atoms with Gasteiger partial charge in [0, 0.05) is 11.6 Å². The molecule has 2 atom stereocenters. The van der Waals surface area contributed by atoms with Crippen LogP contribution in [0.15, 0.2) is 18.2 Å². The summed E-state index contributed by atoms with van der Waals surface area (Å²) in [5.74, 6) is -0.691. The molecule has 7 heteroatoms. The Morgan fingerprint density at radius 2 is 2.14 bits per heavy atom. The predicted molar refractivity (Wildman–Crippen MR) is 88.0 cm³/mol. The first-order chi connectivity index (χ1) is 10.4. The van der Waals surface area contributed by atoms with Gasteiger partial charge in [0.2, 0.25) is 11.8 Å². The van der Waals surface area contributed by atoms with Crippen LogP contribution in [0.3, 0.4) is 0 Å². The van der Waals surface area contributed by atoms with Gasteiger partial charge in [-0.1, -0.05) is 23.2 Å². The second-order valence-electron chi connectivity index (χ2n) is 5.53. The van der Waals surface area contributed by atoms with E-state index in [2.05, 4.69) is 5.32 Å². The summed E-state index contributed by atoms with van der Waals surface area (Å²) in [6.45, 7) is 3.08. The number of anilines is 1. The standard InChI is InChI=1S/C15H19Cl2N3O2/c1-9(20-6-2-3-10(8-20)14(18)21)15(22)19-13-7-11(16)4-5-12(13)17/h4-5,7,9-10H,2-3,6,8H2,1H3,(H2,18,21)(H,19,22)/t9-,10-/m0/s1. The molecule has 0 bridgehead atoms. The molecule has 2 amide bonds. The lowest BCUT2D eigenvalue weighted by Gasteiger charge is -2.34. The van der Waals surface area contributed by atoms with Crippen molar-refractivity contribution in [3.05, 3.63) is 28.2 Å². The normalized spacial score (nSPS) is 20.4. The topological polar surface area (TPSA) is 75.4 Å². The minimum Gasteiger partial charge on any atom is -0.369 e. The van der Waals surface area contributed by atoms with Gasteiger partial charge in [0.15, 0.2) is 0 Å². The lowest BCUT2D eigenvalue weighted by molar-refractivity contribution is -0.127. The average molecular weight is 344 g/mol. The Bertz CT molecular complexity index is 580. The summed E-state index contributed by atoms with van der Waals surface area (Å²) in [4.78, 5) is 25.7. The monoisotopic (exact) mass is 343 g/mol. The molecule has 0 aromatic heterocycles. The zero-order chi connectivity index (χ0) is 16.3. The zero-order valence-corrected chi connectivity index (χ0v) is 13.8. The number of nitrogens with one attached hydrogen (secondary N) is 1. The van der Waals surface area contributed by atoms with Crippen molar-refractivity contribution in [2.24, 2.45) is 11.7 Å². The molecule has 1 aromatic carbocycles. The van der Waals surface area contributed by atoms with Crippen LogP contribution in [-0.4, -0.2) is 35.8 Å². The molecule has 1 heterocycles. The van der Waals surface area contributed by atoms with Crippen LogP contribution in [-0.2, 0) is 9.59 Å². The summed E-state index contributed by atoms with van der Waals surface area (Å²) in [5.41, 5.74) is 5.85. The number of amides is 2. The molecule has 1 aliphatic rings. The number of benzene rings is 1. The van der Waals surface area contributed by atoms with E-state index in [4.69, 9.17) is 28.9 Å². The van der Waals surface area contributed by atoms with Gasteiger partial charge in [0.05, 0.1) is 22.7 Å². The van der Waals surface area contributed by atoms with Crippen LogP contribution in [0.2, 0.25) is 10.0 Å². The second-order valence-corrected chi connectivity index (χ2v) is 6.37. The maximum atomic E-state index is 12.4. The largest absolute Gasteiger partial charge is 0.369 e. The summed E-state index contributed by atoms with van der Waals surface area (Å²) in [5, 5.41) is 3.71. The Kier molecular flexibility index (Phi) is 5.67. The molecule has 120 valence electrons. The van der Waals surface area contributed by atoms with Gasteiger partial charge >= 0.3 is 0 Å². The van der Waals surface area contributed by atoms with Crippen LogP contribution in [0, 0.1) is 5.92 Å². The van der Waals surface area contributed by atoms with Gasteiger partial charge in [-0.3, -0.25) is 14.5 Å². The number of halogens is 2. The summed E-state index contributed by atoms with van der Waals surface area (Å²) < 4.78 is 0. The van der Waals surface area contributed by atoms with E-state index in [0.717, 1.165) is 19.4 Å². The van der Waals surface area contributed by atoms with Crippen LogP contribution in [0.5, 0.6) is 0 Å². The van der Waals surface area contributed by atoms with E-state index >= 15 is 0 Å². The van der Waals surface area contributed by atoms with E-state index in [1.165, 1.54) is 0 Å². The fourth-order valence-corrected chi connectivity index (χ4v) is 2.92. The number of nitrogens with two attached hydrogens (primary N) is 1. The first-order valence-corrected chi connectivity index (χ1v) is 7.93. The van der Waals surface area contributed by atoms with Gasteiger partial charge < -0.3 is 11.1 Å². The van der Waals surface area contributed by atoms with Gasteiger partial charge in [-0.2, -0.15) is 0 Å². The molecule has 1 fully saturated rings. The number of primary amides is 1. The van der Waals surface area contributed by atoms with Crippen molar-refractivity contribution in [2.75, 3.05) is 18.4 Å². The number of carbonyl (C=O) groups is 2. The number of carbonyl (C=O) groups excluding carboxylic acids is 2. The molecular formula is C15H19Cl2N3O2. The van der Waals surface area contributed by atoms with Crippen molar-refractivity contribution in [1.29, 1.82) is 0 Å². The Morgan fingerprint density at radius 1 is 1.41 bits per heavy atom. The van der Waals surface area contributed by atoms with Crippen molar-refractivity contribution >= 4 is 40.7 Å². The Hall–Kier alpha value is -1.30. The molecular weight excluding hydrogens is 325 g/mol. The lowest BCUT2D eigenvalue weighted by Crippen LogP contribution is -2.49. The first-order valence-electron chi connectivity index (χ1n) is 7.17. The fraction of sp³-hybridized carbons (Fsp3) is 0.467. The van der Waals surface area contributed by atoms with E-state index in [0.29, 0.717) is 22.3 Å². The Labute approximate surface area is 139 Å². The highest BCUT2D eigenvalue weighted by molar-refractivity contribution is 6.35. The molecule has 0 saturated carbocycles. The van der Waals surface area contributed by atoms with Crippen LogP contribution in [0.25, 0.3) is 0 Å². The number of rotatable bonds is 4. The molecule has 0 radical (unpaired) electrons. The molecule has 1 saturated heterocycles. The molecule has 0 aliphatic carbocycles. The molecule has 0 unspecified atom stereocenters. The SMILES string of the molecule is C[C@@H](C(=O)Nc1cc(Cl)ccc1Cl)N1CCC[C@H](C(N)=O)C1. The highest BCUT2D eigenvalue weighted by Gasteiger charge is 2.29. The maximum absolute atomic E-state index is 12.4. The third kappa shape index (κ3) is 4.12. The molecule has 5 nitrogen and oxygen atoms in total. The van der Waals surface area contributed by atoms with Crippen molar-refractivity contribution < 1.29 is 9.59 Å². The van der Waals surface area contributed by atoms with E-state index in [-0.39, 0.29) is 23.8 Å². The van der Waals surface area contributed by atoms with Gasteiger partial charge in [0.1, 0.15) is 0 Å². The number of nitrogens with zero attached hydrogens (tertiary/aromatic N) is 1. The van der Waals surface area contributed by atoms with Crippen molar-refractivity contribution in [3.8, 4) is 0 Å². The molecule has 1 aromatic rings. The highest BCUT2D eigenvalue weighted by atomic mass is 35.5. The summed E-state index contributed by atoms with van der Waals surface area (Å²) in [6, 6.07) is 4.52. The van der Waals surface area contributed by atoms with Gasteiger partial charge in [-0.05, 0) is 44.5 Å². The minimum atomic E-state index is -0.378.